The zero-order chi connectivity index (χ0) is 18.4. The Bertz CT molecular complexity index is 827. The fraction of sp³-hybridized carbons (Fsp3) is 0.0625. The highest BCUT2D eigenvalue weighted by molar-refractivity contribution is 6.40. The van der Waals surface area contributed by atoms with E-state index in [1.807, 2.05) is 0 Å². The number of hydrogen-bond acceptors (Lipinski definition) is 3. The lowest BCUT2D eigenvalue weighted by atomic mass is 10.3. The fourth-order valence-corrected chi connectivity index (χ4v) is 2.31. The topological polar surface area (TPSA) is 87.3 Å². The largest absolute Gasteiger partial charge is 0.339 e. The SMILES string of the molecule is O=C(CNC(=O)C(=O)Nc1cccc(Cl)c1)Nc1cc(Cl)ccc1Cl. The zero-order valence-electron chi connectivity index (χ0n) is 12.6. The number of benzene rings is 2. The molecule has 2 aromatic rings. The number of nitrogens with one attached hydrogen (secondary N) is 3. The Kier molecular flexibility index (Phi) is 6.64. The van der Waals surface area contributed by atoms with Crippen LogP contribution in [0, 0.1) is 0 Å². The molecule has 0 saturated heterocycles. The lowest BCUT2D eigenvalue weighted by molar-refractivity contribution is -0.136. The summed E-state index contributed by atoms with van der Waals surface area (Å²) < 4.78 is 0. The van der Waals surface area contributed by atoms with Crippen molar-refractivity contribution in [3.63, 3.8) is 0 Å². The van der Waals surface area contributed by atoms with Gasteiger partial charge < -0.3 is 16.0 Å². The van der Waals surface area contributed by atoms with Gasteiger partial charge in [-0.15, -0.1) is 0 Å². The smallest absolute Gasteiger partial charge is 0.313 e. The monoisotopic (exact) mass is 399 g/mol. The van der Waals surface area contributed by atoms with Gasteiger partial charge in [0.25, 0.3) is 0 Å². The highest BCUT2D eigenvalue weighted by Gasteiger charge is 2.15. The van der Waals surface area contributed by atoms with E-state index in [0.717, 1.165) is 0 Å². The van der Waals surface area contributed by atoms with Gasteiger partial charge >= 0.3 is 11.8 Å². The van der Waals surface area contributed by atoms with Crippen LogP contribution in [0.25, 0.3) is 0 Å². The molecule has 0 aliphatic heterocycles. The molecule has 0 aliphatic carbocycles. The van der Waals surface area contributed by atoms with E-state index in [2.05, 4.69) is 16.0 Å². The van der Waals surface area contributed by atoms with Gasteiger partial charge in [-0.1, -0.05) is 40.9 Å². The molecule has 9 heteroatoms. The van der Waals surface area contributed by atoms with E-state index in [4.69, 9.17) is 34.8 Å². The summed E-state index contributed by atoms with van der Waals surface area (Å²) in [5.74, 6) is -2.45. The molecule has 0 unspecified atom stereocenters. The third kappa shape index (κ3) is 5.94. The van der Waals surface area contributed by atoms with Gasteiger partial charge in [-0.25, -0.2) is 0 Å². The number of anilines is 2. The van der Waals surface area contributed by atoms with Gasteiger partial charge in [-0.3, -0.25) is 14.4 Å². The van der Waals surface area contributed by atoms with Crippen LogP contribution in [0.2, 0.25) is 15.1 Å². The van der Waals surface area contributed by atoms with Crippen LogP contribution in [0.3, 0.4) is 0 Å². The Morgan fingerprint density at radius 1 is 0.840 bits per heavy atom. The molecule has 0 radical (unpaired) electrons. The van der Waals surface area contributed by atoms with Crippen LogP contribution < -0.4 is 16.0 Å². The molecule has 0 saturated carbocycles. The minimum atomic E-state index is -0.965. The van der Waals surface area contributed by atoms with Crippen molar-refractivity contribution in [3.8, 4) is 0 Å². The van der Waals surface area contributed by atoms with Crippen LogP contribution in [0.1, 0.15) is 0 Å². The maximum absolute atomic E-state index is 11.8. The van der Waals surface area contributed by atoms with Crippen LogP contribution in [0.15, 0.2) is 42.5 Å². The minimum absolute atomic E-state index is 0.294. The first-order chi connectivity index (χ1) is 11.8. The van der Waals surface area contributed by atoms with Crippen LogP contribution in [-0.4, -0.2) is 24.3 Å². The first-order valence-electron chi connectivity index (χ1n) is 6.95. The van der Waals surface area contributed by atoms with Gasteiger partial charge in [-0.2, -0.15) is 0 Å². The molecule has 3 amide bonds. The van der Waals surface area contributed by atoms with Crippen molar-refractivity contribution in [2.45, 2.75) is 0 Å². The second kappa shape index (κ2) is 8.71. The second-order valence-electron chi connectivity index (χ2n) is 4.82. The predicted molar refractivity (Wildman–Crippen MR) is 98.2 cm³/mol. The molecule has 0 bridgehead atoms. The maximum atomic E-state index is 11.8. The summed E-state index contributed by atoms with van der Waals surface area (Å²) in [7, 11) is 0. The number of amides is 3. The Balaban J connectivity index is 1.85. The van der Waals surface area contributed by atoms with E-state index in [-0.39, 0.29) is 0 Å². The Morgan fingerprint density at radius 2 is 1.56 bits per heavy atom. The van der Waals surface area contributed by atoms with Crippen molar-refractivity contribution >= 4 is 63.9 Å². The standard InChI is InChI=1S/C16H12Cl3N3O3/c17-9-2-1-3-11(6-9)21-16(25)15(24)20-8-14(23)22-13-7-10(18)4-5-12(13)19/h1-7H,8H2,(H,20,24)(H,21,25)(H,22,23). The highest BCUT2D eigenvalue weighted by Crippen LogP contribution is 2.25. The molecule has 0 aromatic heterocycles. The zero-order valence-corrected chi connectivity index (χ0v) is 14.9. The van der Waals surface area contributed by atoms with Crippen molar-refractivity contribution < 1.29 is 14.4 Å². The van der Waals surface area contributed by atoms with Gasteiger partial charge in [0.05, 0.1) is 17.3 Å². The molecular weight excluding hydrogens is 389 g/mol. The summed E-state index contributed by atoms with van der Waals surface area (Å²) in [4.78, 5) is 35.3. The summed E-state index contributed by atoms with van der Waals surface area (Å²) in [6, 6.07) is 10.9. The molecule has 3 N–H and O–H groups in total. The van der Waals surface area contributed by atoms with E-state index in [9.17, 15) is 14.4 Å². The first-order valence-corrected chi connectivity index (χ1v) is 8.08. The van der Waals surface area contributed by atoms with E-state index in [0.29, 0.717) is 26.4 Å². The quantitative estimate of drug-likeness (QED) is 0.688. The summed E-state index contributed by atoms with van der Waals surface area (Å²) >= 11 is 17.5. The van der Waals surface area contributed by atoms with Crippen molar-refractivity contribution in [1.82, 2.24) is 5.32 Å². The third-order valence-electron chi connectivity index (χ3n) is 2.90. The molecule has 2 rings (SSSR count). The summed E-state index contributed by atoms with van der Waals surface area (Å²) in [5.41, 5.74) is 0.666. The molecule has 6 nitrogen and oxygen atoms in total. The van der Waals surface area contributed by atoms with Crippen LogP contribution in [-0.2, 0) is 14.4 Å². The number of hydrogen-bond donors (Lipinski definition) is 3. The first kappa shape index (κ1) is 19.1. The van der Waals surface area contributed by atoms with E-state index in [1.54, 1.807) is 24.3 Å². The number of rotatable bonds is 4. The van der Waals surface area contributed by atoms with E-state index in [1.165, 1.54) is 18.2 Å². The molecular formula is C16H12Cl3N3O3. The second-order valence-corrected chi connectivity index (χ2v) is 6.10. The molecule has 2 aromatic carbocycles. The third-order valence-corrected chi connectivity index (χ3v) is 3.70. The lowest BCUT2D eigenvalue weighted by Gasteiger charge is -2.09. The summed E-state index contributed by atoms with van der Waals surface area (Å²) in [5, 5.41) is 8.15. The number of halogens is 3. The van der Waals surface area contributed by atoms with Gasteiger partial charge in [0.2, 0.25) is 5.91 Å². The molecule has 0 atom stereocenters. The predicted octanol–water partition coefficient (Wildman–Crippen LogP) is 3.34. The van der Waals surface area contributed by atoms with E-state index < -0.39 is 24.3 Å². The van der Waals surface area contributed by atoms with Crippen molar-refractivity contribution in [2.24, 2.45) is 0 Å². The summed E-state index contributed by atoms with van der Waals surface area (Å²) in [6.45, 7) is -0.412. The van der Waals surface area contributed by atoms with Gasteiger partial charge in [0.15, 0.2) is 0 Å². The van der Waals surface area contributed by atoms with Crippen molar-refractivity contribution in [2.75, 3.05) is 17.2 Å². The van der Waals surface area contributed by atoms with Gasteiger partial charge in [-0.05, 0) is 36.4 Å². The minimum Gasteiger partial charge on any atom is -0.339 e. The molecule has 0 fully saturated rings. The van der Waals surface area contributed by atoms with Crippen molar-refractivity contribution in [3.05, 3.63) is 57.5 Å². The van der Waals surface area contributed by atoms with E-state index >= 15 is 0 Å². The van der Waals surface area contributed by atoms with Crippen LogP contribution in [0.4, 0.5) is 11.4 Å². The van der Waals surface area contributed by atoms with Gasteiger partial charge in [0.1, 0.15) is 0 Å². The van der Waals surface area contributed by atoms with Gasteiger partial charge in [0, 0.05) is 15.7 Å². The Morgan fingerprint density at radius 3 is 2.28 bits per heavy atom. The average molecular weight is 401 g/mol. The van der Waals surface area contributed by atoms with Crippen molar-refractivity contribution in [1.29, 1.82) is 0 Å². The Labute approximate surface area is 158 Å². The summed E-state index contributed by atoms with van der Waals surface area (Å²) in [6.07, 6.45) is 0. The van der Waals surface area contributed by atoms with Crippen LogP contribution >= 0.6 is 34.8 Å². The molecule has 0 heterocycles. The average Bonchev–Trinajstić information content (AvgIpc) is 2.56. The molecule has 0 aliphatic rings. The normalized spacial score (nSPS) is 10.0. The van der Waals surface area contributed by atoms with Crippen LogP contribution in [0.5, 0.6) is 0 Å². The highest BCUT2D eigenvalue weighted by atomic mass is 35.5. The molecule has 130 valence electrons. The molecule has 25 heavy (non-hydrogen) atoms. The maximum Gasteiger partial charge on any atom is 0.313 e. The Hall–Kier alpha value is -2.28. The lowest BCUT2D eigenvalue weighted by Crippen LogP contribution is -2.39. The fourth-order valence-electron chi connectivity index (χ4n) is 1.78. The molecule has 0 spiro atoms. The number of carbonyl (C=O) groups is 3. The number of carbonyl (C=O) groups excluding carboxylic acids is 3.